The molecule has 0 radical (unpaired) electrons. The van der Waals surface area contributed by atoms with E-state index in [0.29, 0.717) is 19.5 Å². The Hall–Kier alpha value is -1.40. The number of nitrogens with zero attached hydrogens (tertiary/aromatic N) is 1. The van der Waals surface area contributed by atoms with Crippen molar-refractivity contribution in [2.75, 3.05) is 13.1 Å². The molecular formula is C13H18N2O3S. The van der Waals surface area contributed by atoms with Crippen molar-refractivity contribution in [2.45, 2.75) is 31.2 Å². The van der Waals surface area contributed by atoms with Gasteiger partial charge in [0.1, 0.15) is 6.04 Å². The molecule has 1 heterocycles. The van der Waals surface area contributed by atoms with Crippen LogP contribution in [0.15, 0.2) is 29.2 Å². The number of sulfonamides is 1. The number of carbonyl (C=O) groups is 1. The molecule has 104 valence electrons. The first kappa shape index (κ1) is 14.0. The average Bonchev–Trinajstić information content (AvgIpc) is 2.38. The monoisotopic (exact) mass is 282 g/mol. The van der Waals surface area contributed by atoms with Gasteiger partial charge in [-0.05, 0) is 31.0 Å². The normalized spacial score (nSPS) is 21.2. The topological polar surface area (TPSA) is 66.5 Å². The highest BCUT2D eigenvalue weighted by atomic mass is 32.2. The third-order valence-corrected chi connectivity index (χ3v) is 5.17. The SMILES string of the molecule is CCC1C(=O)NCCN1S(=O)(=O)c1cccc(C)c1. The number of aryl methyl sites for hydroxylation is 1. The van der Waals surface area contributed by atoms with Crippen LogP contribution in [0.3, 0.4) is 0 Å². The summed E-state index contributed by atoms with van der Waals surface area (Å²) in [6.45, 7) is 4.34. The van der Waals surface area contributed by atoms with E-state index in [9.17, 15) is 13.2 Å². The van der Waals surface area contributed by atoms with E-state index in [-0.39, 0.29) is 10.8 Å². The van der Waals surface area contributed by atoms with E-state index in [1.54, 1.807) is 18.2 Å². The van der Waals surface area contributed by atoms with Crippen LogP contribution in [0.4, 0.5) is 0 Å². The largest absolute Gasteiger partial charge is 0.353 e. The van der Waals surface area contributed by atoms with Crippen molar-refractivity contribution < 1.29 is 13.2 Å². The molecule has 1 unspecified atom stereocenters. The highest BCUT2D eigenvalue weighted by molar-refractivity contribution is 7.89. The highest BCUT2D eigenvalue weighted by Gasteiger charge is 2.37. The fraction of sp³-hybridized carbons (Fsp3) is 0.462. The van der Waals surface area contributed by atoms with Crippen molar-refractivity contribution in [3.63, 3.8) is 0 Å². The van der Waals surface area contributed by atoms with Gasteiger partial charge in [0.2, 0.25) is 15.9 Å². The Labute approximate surface area is 113 Å². The summed E-state index contributed by atoms with van der Waals surface area (Å²) >= 11 is 0. The first-order chi connectivity index (χ1) is 8.96. The molecule has 0 saturated carbocycles. The van der Waals surface area contributed by atoms with Crippen molar-refractivity contribution in [2.24, 2.45) is 0 Å². The van der Waals surface area contributed by atoms with E-state index in [4.69, 9.17) is 0 Å². The Bertz CT molecular complexity index is 583. The second-order valence-corrected chi connectivity index (χ2v) is 6.54. The lowest BCUT2D eigenvalue weighted by Gasteiger charge is -2.33. The van der Waals surface area contributed by atoms with Gasteiger partial charge in [-0.1, -0.05) is 19.1 Å². The van der Waals surface area contributed by atoms with Crippen molar-refractivity contribution in [1.82, 2.24) is 9.62 Å². The van der Waals surface area contributed by atoms with Crippen LogP contribution in [0.5, 0.6) is 0 Å². The number of hydrogen-bond donors (Lipinski definition) is 1. The van der Waals surface area contributed by atoms with Gasteiger partial charge in [-0.2, -0.15) is 4.31 Å². The number of hydrogen-bond acceptors (Lipinski definition) is 3. The zero-order chi connectivity index (χ0) is 14.0. The smallest absolute Gasteiger partial charge is 0.243 e. The van der Waals surface area contributed by atoms with Crippen molar-refractivity contribution >= 4 is 15.9 Å². The van der Waals surface area contributed by atoms with Crippen molar-refractivity contribution in [3.05, 3.63) is 29.8 Å². The molecule has 1 N–H and O–H groups in total. The lowest BCUT2D eigenvalue weighted by molar-refractivity contribution is -0.126. The molecule has 1 saturated heterocycles. The fourth-order valence-electron chi connectivity index (χ4n) is 2.28. The number of rotatable bonds is 3. The van der Waals surface area contributed by atoms with E-state index in [2.05, 4.69) is 5.32 Å². The Morgan fingerprint density at radius 1 is 1.42 bits per heavy atom. The molecule has 1 aromatic carbocycles. The minimum Gasteiger partial charge on any atom is -0.353 e. The molecule has 0 spiro atoms. The predicted octanol–water partition coefficient (Wildman–Crippen LogP) is 0.894. The summed E-state index contributed by atoms with van der Waals surface area (Å²) in [4.78, 5) is 12.0. The van der Waals surface area contributed by atoms with E-state index >= 15 is 0 Å². The molecule has 1 atom stereocenters. The van der Waals surface area contributed by atoms with Crippen molar-refractivity contribution in [3.8, 4) is 0 Å². The zero-order valence-electron chi connectivity index (χ0n) is 11.1. The highest BCUT2D eigenvalue weighted by Crippen LogP contribution is 2.21. The maximum Gasteiger partial charge on any atom is 0.243 e. The van der Waals surface area contributed by atoms with Gasteiger partial charge in [-0.15, -0.1) is 0 Å². The van der Waals surface area contributed by atoms with Crippen LogP contribution in [-0.4, -0.2) is 37.8 Å². The van der Waals surface area contributed by atoms with Gasteiger partial charge in [0.15, 0.2) is 0 Å². The molecule has 19 heavy (non-hydrogen) atoms. The van der Waals surface area contributed by atoms with Gasteiger partial charge >= 0.3 is 0 Å². The molecule has 0 aromatic heterocycles. The molecule has 0 aliphatic carbocycles. The quantitative estimate of drug-likeness (QED) is 0.895. The van der Waals surface area contributed by atoms with Gasteiger partial charge in [-0.25, -0.2) is 8.42 Å². The van der Waals surface area contributed by atoms with Gasteiger partial charge in [0.05, 0.1) is 4.90 Å². The van der Waals surface area contributed by atoms with Crippen molar-refractivity contribution in [1.29, 1.82) is 0 Å². The average molecular weight is 282 g/mol. The summed E-state index contributed by atoms with van der Waals surface area (Å²) in [5.41, 5.74) is 0.885. The maximum atomic E-state index is 12.6. The van der Waals surface area contributed by atoms with Gasteiger partial charge < -0.3 is 5.32 Å². The summed E-state index contributed by atoms with van der Waals surface area (Å²) in [6, 6.07) is 6.15. The van der Waals surface area contributed by atoms with Crippen LogP contribution < -0.4 is 5.32 Å². The Morgan fingerprint density at radius 2 is 2.16 bits per heavy atom. The summed E-state index contributed by atoms with van der Waals surface area (Å²) in [7, 11) is -3.61. The zero-order valence-corrected chi connectivity index (χ0v) is 11.9. The lowest BCUT2D eigenvalue weighted by atomic mass is 10.2. The maximum absolute atomic E-state index is 12.6. The van der Waals surface area contributed by atoms with E-state index in [1.165, 1.54) is 4.31 Å². The Morgan fingerprint density at radius 3 is 2.79 bits per heavy atom. The molecule has 0 bridgehead atoms. The van der Waals surface area contributed by atoms with Crippen LogP contribution in [0, 0.1) is 6.92 Å². The van der Waals surface area contributed by atoms with Crippen LogP contribution in [0.2, 0.25) is 0 Å². The third-order valence-electron chi connectivity index (χ3n) is 3.26. The molecule has 1 fully saturated rings. The second-order valence-electron chi connectivity index (χ2n) is 4.65. The molecule has 1 aliphatic heterocycles. The Balaban J connectivity index is 2.40. The Kier molecular flexibility index (Phi) is 3.91. The number of piperazine rings is 1. The number of nitrogens with one attached hydrogen (secondary N) is 1. The first-order valence-corrected chi connectivity index (χ1v) is 7.77. The number of carbonyl (C=O) groups excluding carboxylic acids is 1. The summed E-state index contributed by atoms with van der Waals surface area (Å²) in [6.07, 6.45) is 0.469. The minimum atomic E-state index is -3.61. The van der Waals surface area contributed by atoms with Crippen LogP contribution in [0.25, 0.3) is 0 Å². The molecule has 1 aliphatic rings. The van der Waals surface area contributed by atoms with Gasteiger partial charge in [0, 0.05) is 13.1 Å². The summed E-state index contributed by atoms with van der Waals surface area (Å²) in [5, 5.41) is 2.70. The molecule has 6 heteroatoms. The first-order valence-electron chi connectivity index (χ1n) is 6.33. The predicted molar refractivity (Wildman–Crippen MR) is 72.2 cm³/mol. The second kappa shape index (κ2) is 5.30. The molecule has 2 rings (SSSR count). The molecule has 1 aromatic rings. The molecule has 5 nitrogen and oxygen atoms in total. The van der Waals surface area contributed by atoms with E-state index in [1.807, 2.05) is 19.9 Å². The minimum absolute atomic E-state index is 0.218. The summed E-state index contributed by atoms with van der Waals surface area (Å²) in [5.74, 6) is -0.218. The van der Waals surface area contributed by atoms with Gasteiger partial charge in [0.25, 0.3) is 0 Å². The lowest BCUT2D eigenvalue weighted by Crippen LogP contribution is -2.56. The van der Waals surface area contributed by atoms with E-state index < -0.39 is 16.1 Å². The summed E-state index contributed by atoms with van der Waals surface area (Å²) < 4.78 is 26.5. The van der Waals surface area contributed by atoms with Crippen LogP contribution in [-0.2, 0) is 14.8 Å². The van der Waals surface area contributed by atoms with E-state index in [0.717, 1.165) is 5.56 Å². The number of benzene rings is 1. The molecular weight excluding hydrogens is 264 g/mol. The van der Waals surface area contributed by atoms with Gasteiger partial charge in [-0.3, -0.25) is 4.79 Å². The van der Waals surface area contributed by atoms with Crippen LogP contribution in [0.1, 0.15) is 18.9 Å². The van der Waals surface area contributed by atoms with Crippen LogP contribution >= 0.6 is 0 Å². The number of amides is 1. The standard InChI is InChI=1S/C13H18N2O3S/c1-3-12-13(16)14-7-8-15(12)19(17,18)11-6-4-5-10(2)9-11/h4-6,9,12H,3,7-8H2,1-2H3,(H,14,16). The third kappa shape index (κ3) is 2.64. The molecule has 1 amide bonds. The fourth-order valence-corrected chi connectivity index (χ4v) is 4.05.